The van der Waals surface area contributed by atoms with Gasteiger partial charge in [-0.15, -0.1) is 0 Å². The summed E-state index contributed by atoms with van der Waals surface area (Å²) < 4.78 is 0. The fourth-order valence-electron chi connectivity index (χ4n) is 2.57. The summed E-state index contributed by atoms with van der Waals surface area (Å²) in [6, 6.07) is 9.88. The maximum atomic E-state index is 11.0. The van der Waals surface area contributed by atoms with E-state index in [1.807, 2.05) is 18.2 Å². The lowest BCUT2D eigenvalue weighted by Crippen LogP contribution is -2.36. The lowest BCUT2D eigenvalue weighted by molar-refractivity contribution is -0.139. The number of carbonyl (C=O) groups is 1. The lowest BCUT2D eigenvalue weighted by atomic mass is 9.99. The molecule has 1 saturated heterocycles. The van der Waals surface area contributed by atoms with Crippen molar-refractivity contribution in [2.45, 2.75) is 18.9 Å². The molecule has 98 valence electrons. The second kappa shape index (κ2) is 5.87. The SMILES string of the molecule is CNC(CC1CCN(c2ccccc2)C1)C(=O)O. The number of nitrogens with zero attached hydrogens (tertiary/aromatic N) is 1. The Balaban J connectivity index is 1.91. The van der Waals surface area contributed by atoms with Gasteiger partial charge in [0.25, 0.3) is 0 Å². The lowest BCUT2D eigenvalue weighted by Gasteiger charge is -2.20. The zero-order chi connectivity index (χ0) is 13.0. The third-order valence-corrected chi connectivity index (χ3v) is 3.62. The number of aliphatic carboxylic acids is 1. The van der Waals surface area contributed by atoms with E-state index < -0.39 is 12.0 Å². The van der Waals surface area contributed by atoms with Gasteiger partial charge < -0.3 is 15.3 Å². The van der Waals surface area contributed by atoms with Crippen LogP contribution in [0.2, 0.25) is 0 Å². The van der Waals surface area contributed by atoms with Gasteiger partial charge in [-0.3, -0.25) is 4.79 Å². The Kier molecular flexibility index (Phi) is 4.20. The maximum Gasteiger partial charge on any atom is 0.320 e. The predicted molar refractivity (Wildman–Crippen MR) is 71.9 cm³/mol. The highest BCUT2D eigenvalue weighted by atomic mass is 16.4. The first kappa shape index (κ1) is 12.9. The van der Waals surface area contributed by atoms with Crippen LogP contribution < -0.4 is 10.2 Å². The fraction of sp³-hybridized carbons (Fsp3) is 0.500. The molecule has 0 amide bonds. The topological polar surface area (TPSA) is 52.6 Å². The molecule has 1 heterocycles. The number of rotatable bonds is 5. The van der Waals surface area contributed by atoms with Crippen LogP contribution in [0.4, 0.5) is 5.69 Å². The Morgan fingerprint density at radius 1 is 1.50 bits per heavy atom. The monoisotopic (exact) mass is 248 g/mol. The zero-order valence-electron chi connectivity index (χ0n) is 10.7. The van der Waals surface area contributed by atoms with Crippen molar-refractivity contribution in [1.29, 1.82) is 0 Å². The third-order valence-electron chi connectivity index (χ3n) is 3.62. The van der Waals surface area contributed by atoms with Crippen LogP contribution in [0.15, 0.2) is 30.3 Å². The van der Waals surface area contributed by atoms with Gasteiger partial charge in [0.15, 0.2) is 0 Å². The first-order valence-corrected chi connectivity index (χ1v) is 6.40. The number of likely N-dealkylation sites (N-methyl/N-ethyl adjacent to an activating group) is 1. The highest BCUT2D eigenvalue weighted by molar-refractivity contribution is 5.73. The van der Waals surface area contributed by atoms with Gasteiger partial charge >= 0.3 is 5.97 Å². The van der Waals surface area contributed by atoms with Gasteiger partial charge in [0.1, 0.15) is 6.04 Å². The summed E-state index contributed by atoms with van der Waals surface area (Å²) in [4.78, 5) is 13.3. The first-order chi connectivity index (χ1) is 8.70. The van der Waals surface area contributed by atoms with E-state index in [-0.39, 0.29) is 0 Å². The molecule has 1 aromatic carbocycles. The second-order valence-electron chi connectivity index (χ2n) is 4.85. The van der Waals surface area contributed by atoms with Gasteiger partial charge in [0.05, 0.1) is 0 Å². The molecule has 0 bridgehead atoms. The van der Waals surface area contributed by atoms with Crippen molar-refractivity contribution in [3.63, 3.8) is 0 Å². The molecule has 1 aliphatic heterocycles. The number of carboxylic acids is 1. The van der Waals surface area contributed by atoms with Crippen LogP contribution in [0.5, 0.6) is 0 Å². The van der Waals surface area contributed by atoms with Gasteiger partial charge in [-0.2, -0.15) is 0 Å². The number of hydrogen-bond donors (Lipinski definition) is 2. The molecule has 0 spiro atoms. The molecule has 0 aliphatic carbocycles. The zero-order valence-corrected chi connectivity index (χ0v) is 10.7. The standard InChI is InChI=1S/C14H20N2O2/c1-15-13(14(17)18)9-11-7-8-16(10-11)12-5-3-2-4-6-12/h2-6,11,13,15H,7-10H2,1H3,(H,17,18). The molecular formula is C14H20N2O2. The summed E-state index contributed by atoms with van der Waals surface area (Å²) in [5.41, 5.74) is 1.23. The summed E-state index contributed by atoms with van der Waals surface area (Å²) in [6.45, 7) is 1.97. The number of benzene rings is 1. The third kappa shape index (κ3) is 3.01. The van der Waals surface area contributed by atoms with E-state index in [9.17, 15) is 4.79 Å². The molecule has 0 aromatic heterocycles. The van der Waals surface area contributed by atoms with Crippen molar-refractivity contribution in [2.24, 2.45) is 5.92 Å². The van der Waals surface area contributed by atoms with Crippen molar-refractivity contribution in [1.82, 2.24) is 5.32 Å². The van der Waals surface area contributed by atoms with E-state index in [1.54, 1.807) is 7.05 Å². The largest absolute Gasteiger partial charge is 0.480 e. The van der Waals surface area contributed by atoms with Crippen LogP contribution >= 0.6 is 0 Å². The summed E-state index contributed by atoms with van der Waals surface area (Å²) in [7, 11) is 1.71. The number of anilines is 1. The number of hydrogen-bond acceptors (Lipinski definition) is 3. The van der Waals surface area contributed by atoms with E-state index in [1.165, 1.54) is 5.69 Å². The van der Waals surface area contributed by atoms with Crippen LogP contribution in [0.25, 0.3) is 0 Å². The van der Waals surface area contributed by atoms with Crippen molar-refractivity contribution >= 4 is 11.7 Å². The molecule has 2 atom stereocenters. The quantitative estimate of drug-likeness (QED) is 0.830. The van der Waals surface area contributed by atoms with Crippen LogP contribution in [0.3, 0.4) is 0 Å². The molecule has 2 N–H and O–H groups in total. The smallest absolute Gasteiger partial charge is 0.320 e. The highest BCUT2D eigenvalue weighted by Crippen LogP contribution is 2.26. The summed E-state index contributed by atoms with van der Waals surface area (Å²) in [6.07, 6.45) is 1.77. The van der Waals surface area contributed by atoms with E-state index in [2.05, 4.69) is 22.3 Å². The Hall–Kier alpha value is -1.55. The minimum Gasteiger partial charge on any atom is -0.480 e. The molecule has 4 heteroatoms. The molecule has 1 aliphatic rings. The van der Waals surface area contributed by atoms with Gasteiger partial charge in [0.2, 0.25) is 0 Å². The van der Waals surface area contributed by atoms with Crippen molar-refractivity contribution in [3.05, 3.63) is 30.3 Å². The molecule has 0 saturated carbocycles. The molecule has 0 radical (unpaired) electrons. The summed E-state index contributed by atoms with van der Waals surface area (Å²) in [5, 5.41) is 11.9. The highest BCUT2D eigenvalue weighted by Gasteiger charge is 2.27. The molecule has 1 fully saturated rings. The molecular weight excluding hydrogens is 228 g/mol. The van der Waals surface area contributed by atoms with Crippen LogP contribution in [-0.2, 0) is 4.79 Å². The molecule has 2 unspecified atom stereocenters. The Morgan fingerprint density at radius 2 is 2.22 bits per heavy atom. The average molecular weight is 248 g/mol. The Bertz CT molecular complexity index is 394. The van der Waals surface area contributed by atoms with Gasteiger partial charge in [-0.1, -0.05) is 18.2 Å². The van der Waals surface area contributed by atoms with Gasteiger partial charge in [0, 0.05) is 18.8 Å². The summed E-state index contributed by atoms with van der Waals surface area (Å²) in [5.74, 6) is -0.297. The first-order valence-electron chi connectivity index (χ1n) is 6.40. The minimum atomic E-state index is -0.754. The molecule has 18 heavy (non-hydrogen) atoms. The molecule has 2 rings (SSSR count). The normalized spacial score (nSPS) is 20.9. The second-order valence-corrected chi connectivity index (χ2v) is 4.85. The predicted octanol–water partition coefficient (Wildman–Crippen LogP) is 1.58. The Morgan fingerprint density at radius 3 is 2.83 bits per heavy atom. The van der Waals surface area contributed by atoms with Crippen LogP contribution in [-0.4, -0.2) is 37.3 Å². The van der Waals surface area contributed by atoms with Crippen molar-refractivity contribution < 1.29 is 9.90 Å². The van der Waals surface area contributed by atoms with Gasteiger partial charge in [-0.05, 0) is 37.9 Å². The minimum absolute atomic E-state index is 0.425. The van der Waals surface area contributed by atoms with E-state index in [0.717, 1.165) is 19.5 Å². The summed E-state index contributed by atoms with van der Waals surface area (Å²) >= 11 is 0. The number of carboxylic acid groups (broad SMARTS) is 1. The van der Waals surface area contributed by atoms with E-state index >= 15 is 0 Å². The number of nitrogens with one attached hydrogen (secondary N) is 1. The average Bonchev–Trinajstić information content (AvgIpc) is 2.85. The molecule has 4 nitrogen and oxygen atoms in total. The fourth-order valence-corrected chi connectivity index (χ4v) is 2.57. The van der Waals surface area contributed by atoms with E-state index in [0.29, 0.717) is 12.3 Å². The van der Waals surface area contributed by atoms with Gasteiger partial charge in [-0.25, -0.2) is 0 Å². The molecule has 1 aromatic rings. The maximum absolute atomic E-state index is 11.0. The van der Waals surface area contributed by atoms with Crippen molar-refractivity contribution in [2.75, 3.05) is 25.0 Å². The Labute approximate surface area is 108 Å². The van der Waals surface area contributed by atoms with E-state index in [4.69, 9.17) is 5.11 Å². The van der Waals surface area contributed by atoms with Crippen LogP contribution in [0.1, 0.15) is 12.8 Å². The van der Waals surface area contributed by atoms with Crippen LogP contribution in [0, 0.1) is 5.92 Å². The number of para-hydroxylation sites is 1. The van der Waals surface area contributed by atoms with Crippen molar-refractivity contribution in [3.8, 4) is 0 Å².